The highest BCUT2D eigenvalue weighted by Crippen LogP contribution is 2.49. The van der Waals surface area contributed by atoms with E-state index in [1.165, 1.54) is 11.1 Å². The van der Waals surface area contributed by atoms with Crippen LogP contribution >= 0.6 is 7.82 Å². The Labute approximate surface area is 141 Å². The van der Waals surface area contributed by atoms with Crippen molar-refractivity contribution in [2.75, 3.05) is 19.8 Å². The third-order valence-electron chi connectivity index (χ3n) is 4.04. The van der Waals surface area contributed by atoms with Gasteiger partial charge in [-0.15, -0.1) is 0 Å². The molecule has 0 aliphatic carbocycles. The molecule has 5 heteroatoms. The molecule has 0 radical (unpaired) electrons. The second-order valence-electron chi connectivity index (χ2n) is 6.11. The fourth-order valence-corrected chi connectivity index (χ4v) is 3.66. The number of phosphoric acid groups is 1. The molecule has 1 aromatic rings. The van der Waals surface area contributed by atoms with E-state index in [0.29, 0.717) is 19.8 Å². The molecule has 0 atom stereocenters. The van der Waals surface area contributed by atoms with Crippen molar-refractivity contribution < 1.29 is 18.1 Å². The first-order valence-corrected chi connectivity index (χ1v) is 9.96. The monoisotopic (exact) mass is 342 g/mol. The van der Waals surface area contributed by atoms with E-state index in [-0.39, 0.29) is 5.41 Å². The van der Waals surface area contributed by atoms with Crippen molar-refractivity contribution in [2.24, 2.45) is 0 Å². The maximum Gasteiger partial charge on any atom is 0.474 e. The zero-order valence-electron chi connectivity index (χ0n) is 15.1. The summed E-state index contributed by atoms with van der Waals surface area (Å²) in [7, 11) is -3.39. The van der Waals surface area contributed by atoms with Gasteiger partial charge in [-0.1, -0.05) is 45.0 Å². The van der Waals surface area contributed by atoms with E-state index in [1.54, 1.807) is 13.8 Å². The van der Waals surface area contributed by atoms with Gasteiger partial charge in [-0.3, -0.25) is 13.6 Å². The van der Waals surface area contributed by atoms with Crippen molar-refractivity contribution in [3.05, 3.63) is 35.4 Å². The number of rotatable bonds is 11. The minimum absolute atomic E-state index is 0.156. The highest BCUT2D eigenvalue weighted by Gasteiger charge is 2.25. The van der Waals surface area contributed by atoms with E-state index < -0.39 is 7.82 Å². The van der Waals surface area contributed by atoms with E-state index in [2.05, 4.69) is 45.0 Å². The van der Waals surface area contributed by atoms with Crippen LogP contribution in [0.25, 0.3) is 0 Å². The Morgan fingerprint density at radius 2 is 1.61 bits per heavy atom. The first kappa shape index (κ1) is 20.4. The third kappa shape index (κ3) is 6.39. The minimum Gasteiger partial charge on any atom is -0.287 e. The van der Waals surface area contributed by atoms with Crippen LogP contribution in [0.2, 0.25) is 0 Å². The van der Waals surface area contributed by atoms with E-state index in [1.807, 2.05) is 0 Å². The minimum atomic E-state index is -3.39. The molecule has 1 aromatic carbocycles. The molecule has 0 fully saturated rings. The van der Waals surface area contributed by atoms with Crippen molar-refractivity contribution >= 4 is 7.82 Å². The van der Waals surface area contributed by atoms with Crippen LogP contribution < -0.4 is 0 Å². The van der Waals surface area contributed by atoms with Gasteiger partial charge < -0.3 is 0 Å². The summed E-state index contributed by atoms with van der Waals surface area (Å²) in [6.07, 6.45) is 2.75. The van der Waals surface area contributed by atoms with E-state index in [4.69, 9.17) is 13.6 Å². The summed E-state index contributed by atoms with van der Waals surface area (Å²) < 4.78 is 27.9. The predicted octanol–water partition coefficient (Wildman–Crippen LogP) is 5.50. The largest absolute Gasteiger partial charge is 0.474 e. The van der Waals surface area contributed by atoms with Crippen LogP contribution in [0.5, 0.6) is 0 Å². The number of aryl methyl sites for hydroxylation is 1. The Morgan fingerprint density at radius 3 is 2.17 bits per heavy atom. The lowest BCUT2D eigenvalue weighted by molar-refractivity contribution is 0.120. The summed E-state index contributed by atoms with van der Waals surface area (Å²) in [6.45, 7) is 11.3. The Balaban J connectivity index is 2.61. The molecular formula is C18H31O4P. The molecule has 0 bridgehead atoms. The second-order valence-corrected chi connectivity index (χ2v) is 7.78. The number of phosphoric ester groups is 1. The van der Waals surface area contributed by atoms with Crippen LogP contribution in [0.1, 0.15) is 58.6 Å². The van der Waals surface area contributed by atoms with Crippen LogP contribution in [0, 0.1) is 0 Å². The Morgan fingerprint density at radius 1 is 1.00 bits per heavy atom. The fourth-order valence-electron chi connectivity index (χ4n) is 2.46. The van der Waals surface area contributed by atoms with Gasteiger partial charge in [0.2, 0.25) is 0 Å². The lowest BCUT2D eigenvalue weighted by Crippen LogP contribution is -2.18. The van der Waals surface area contributed by atoms with Crippen molar-refractivity contribution in [1.29, 1.82) is 0 Å². The van der Waals surface area contributed by atoms with Gasteiger partial charge in [0.05, 0.1) is 19.8 Å². The summed E-state index contributed by atoms with van der Waals surface area (Å²) in [4.78, 5) is 0. The number of hydrogen-bond acceptors (Lipinski definition) is 4. The van der Waals surface area contributed by atoms with Gasteiger partial charge >= 0.3 is 7.82 Å². The summed E-state index contributed by atoms with van der Waals surface area (Å²) >= 11 is 0. The first-order chi connectivity index (χ1) is 10.9. The van der Waals surface area contributed by atoms with Gasteiger partial charge in [-0.25, -0.2) is 4.57 Å². The third-order valence-corrected chi connectivity index (χ3v) is 5.69. The summed E-state index contributed by atoms with van der Waals surface area (Å²) in [5.41, 5.74) is 2.86. The average molecular weight is 342 g/mol. The van der Waals surface area contributed by atoms with Crippen molar-refractivity contribution in [2.45, 2.75) is 59.3 Å². The number of hydrogen-bond donors (Lipinski definition) is 0. The Hall–Kier alpha value is -0.670. The molecular weight excluding hydrogens is 311 g/mol. The maximum absolute atomic E-state index is 12.2. The smallest absolute Gasteiger partial charge is 0.287 e. The molecule has 0 aromatic heterocycles. The average Bonchev–Trinajstić information content (AvgIpc) is 2.52. The Bertz CT molecular complexity index is 503. The van der Waals surface area contributed by atoms with Crippen LogP contribution in [0.4, 0.5) is 0 Å². The molecule has 4 nitrogen and oxygen atoms in total. The zero-order chi connectivity index (χ0) is 17.3. The van der Waals surface area contributed by atoms with E-state index in [9.17, 15) is 4.57 Å². The van der Waals surface area contributed by atoms with Crippen LogP contribution in [0.3, 0.4) is 0 Å². The predicted molar refractivity (Wildman–Crippen MR) is 94.9 cm³/mol. The molecule has 0 aliphatic rings. The fraction of sp³-hybridized carbons (Fsp3) is 0.667. The number of benzene rings is 1. The van der Waals surface area contributed by atoms with Crippen molar-refractivity contribution in [3.63, 3.8) is 0 Å². The zero-order valence-corrected chi connectivity index (χ0v) is 16.0. The molecule has 1 rings (SSSR count). The molecule has 0 unspecified atom stereocenters. The van der Waals surface area contributed by atoms with Crippen molar-refractivity contribution in [1.82, 2.24) is 0 Å². The molecule has 0 N–H and O–H groups in total. The molecule has 0 heterocycles. The summed E-state index contributed by atoms with van der Waals surface area (Å²) in [5, 5.41) is 0. The molecule has 23 heavy (non-hydrogen) atoms. The SMILES string of the molecule is CCOP(=O)(OCC)OCCCc1ccccc1C(C)(C)CC. The lowest BCUT2D eigenvalue weighted by atomic mass is 9.79. The normalized spacial score (nSPS) is 12.6. The maximum atomic E-state index is 12.2. The van der Waals surface area contributed by atoms with Crippen LogP contribution in [-0.4, -0.2) is 19.8 Å². The van der Waals surface area contributed by atoms with Gasteiger partial charge in [-0.2, -0.15) is 0 Å². The molecule has 0 aliphatic heterocycles. The van der Waals surface area contributed by atoms with Crippen LogP contribution in [-0.2, 0) is 30.0 Å². The van der Waals surface area contributed by atoms with E-state index in [0.717, 1.165) is 19.3 Å². The summed E-state index contributed by atoms with van der Waals surface area (Å²) in [5.74, 6) is 0. The second kappa shape index (κ2) is 9.58. The quantitative estimate of drug-likeness (QED) is 0.393. The lowest BCUT2D eigenvalue weighted by Gasteiger charge is -2.26. The topological polar surface area (TPSA) is 44.8 Å². The molecule has 0 amide bonds. The standard InChI is InChI=1S/C18H31O4P/c1-6-18(4,5)17-14-10-9-12-16(17)13-11-15-22-23(19,20-7-2)21-8-3/h9-10,12,14H,6-8,11,13,15H2,1-5H3. The highest BCUT2D eigenvalue weighted by atomic mass is 31.2. The van der Waals surface area contributed by atoms with Gasteiger partial charge in [-0.05, 0) is 49.7 Å². The van der Waals surface area contributed by atoms with Gasteiger partial charge in [0, 0.05) is 0 Å². The van der Waals surface area contributed by atoms with Gasteiger partial charge in [0.25, 0.3) is 0 Å². The van der Waals surface area contributed by atoms with E-state index >= 15 is 0 Å². The van der Waals surface area contributed by atoms with Gasteiger partial charge in [0.1, 0.15) is 0 Å². The van der Waals surface area contributed by atoms with Gasteiger partial charge in [0.15, 0.2) is 0 Å². The first-order valence-electron chi connectivity index (χ1n) is 8.50. The Kier molecular flexibility index (Phi) is 8.49. The highest BCUT2D eigenvalue weighted by molar-refractivity contribution is 7.48. The molecule has 132 valence electrons. The molecule has 0 saturated heterocycles. The summed E-state index contributed by atoms with van der Waals surface area (Å²) in [6, 6.07) is 8.52. The van der Waals surface area contributed by atoms with Crippen LogP contribution in [0.15, 0.2) is 24.3 Å². The van der Waals surface area contributed by atoms with Crippen molar-refractivity contribution in [3.8, 4) is 0 Å². The molecule has 0 spiro atoms. The molecule has 0 saturated carbocycles.